The Morgan fingerprint density at radius 1 is 1.22 bits per heavy atom. The van der Waals surface area contributed by atoms with Gasteiger partial charge in [0, 0.05) is 11.6 Å². The SMILES string of the molecule is COCN(c1ccsc1C(=O)OC)S(=O)(=O)c1ccc(C(C)(C)C)cc1Br. The molecule has 0 saturated heterocycles. The predicted molar refractivity (Wildman–Crippen MR) is 110 cm³/mol. The Hall–Kier alpha value is -1.42. The van der Waals surface area contributed by atoms with E-state index in [1.165, 1.54) is 14.2 Å². The van der Waals surface area contributed by atoms with Gasteiger partial charge in [0.05, 0.1) is 12.8 Å². The summed E-state index contributed by atoms with van der Waals surface area (Å²) < 4.78 is 38.0. The highest BCUT2D eigenvalue weighted by atomic mass is 79.9. The average Bonchev–Trinajstić information content (AvgIpc) is 3.06. The molecule has 0 N–H and O–H groups in total. The molecule has 0 atom stereocenters. The van der Waals surface area contributed by atoms with Crippen LogP contribution >= 0.6 is 27.3 Å². The first-order valence-electron chi connectivity index (χ1n) is 8.01. The van der Waals surface area contributed by atoms with E-state index in [9.17, 15) is 13.2 Å². The number of rotatable bonds is 6. The van der Waals surface area contributed by atoms with Crippen LogP contribution in [0.4, 0.5) is 5.69 Å². The van der Waals surface area contributed by atoms with E-state index in [0.29, 0.717) is 4.47 Å². The minimum Gasteiger partial charge on any atom is -0.465 e. The van der Waals surface area contributed by atoms with Gasteiger partial charge in [0.1, 0.15) is 16.5 Å². The van der Waals surface area contributed by atoms with E-state index < -0.39 is 16.0 Å². The van der Waals surface area contributed by atoms with Crippen molar-refractivity contribution in [1.82, 2.24) is 0 Å². The highest BCUT2D eigenvalue weighted by Crippen LogP contribution is 2.35. The van der Waals surface area contributed by atoms with Gasteiger partial charge in [-0.3, -0.25) is 0 Å². The van der Waals surface area contributed by atoms with Gasteiger partial charge in [-0.25, -0.2) is 17.5 Å². The van der Waals surface area contributed by atoms with Crippen LogP contribution in [-0.4, -0.2) is 35.3 Å². The van der Waals surface area contributed by atoms with Crippen LogP contribution in [0.3, 0.4) is 0 Å². The molecule has 0 aliphatic rings. The third-order valence-electron chi connectivity index (χ3n) is 3.90. The first-order valence-corrected chi connectivity index (χ1v) is 11.1. The number of thiophene rings is 1. The minimum absolute atomic E-state index is 0.0922. The van der Waals surface area contributed by atoms with Crippen LogP contribution in [0.1, 0.15) is 36.0 Å². The van der Waals surface area contributed by atoms with E-state index in [4.69, 9.17) is 9.47 Å². The zero-order chi connectivity index (χ0) is 20.4. The molecule has 9 heteroatoms. The van der Waals surface area contributed by atoms with Crippen LogP contribution in [0.2, 0.25) is 0 Å². The maximum atomic E-state index is 13.3. The largest absolute Gasteiger partial charge is 0.465 e. The molecule has 27 heavy (non-hydrogen) atoms. The number of benzene rings is 1. The molecule has 0 fully saturated rings. The van der Waals surface area contributed by atoms with Crippen LogP contribution in [0, 0.1) is 0 Å². The summed E-state index contributed by atoms with van der Waals surface area (Å²) >= 11 is 4.49. The number of ether oxygens (including phenoxy) is 2. The van der Waals surface area contributed by atoms with Gasteiger partial charge in [-0.1, -0.05) is 26.8 Å². The minimum atomic E-state index is -3.98. The van der Waals surface area contributed by atoms with E-state index in [1.54, 1.807) is 29.6 Å². The second-order valence-electron chi connectivity index (χ2n) is 6.79. The highest BCUT2D eigenvalue weighted by Gasteiger charge is 2.31. The van der Waals surface area contributed by atoms with Gasteiger partial charge >= 0.3 is 5.97 Å². The third kappa shape index (κ3) is 4.53. The van der Waals surface area contributed by atoms with Gasteiger partial charge in [0.25, 0.3) is 10.0 Å². The maximum absolute atomic E-state index is 13.3. The molecule has 1 aromatic carbocycles. The first-order chi connectivity index (χ1) is 12.5. The summed E-state index contributed by atoms with van der Waals surface area (Å²) in [6.45, 7) is 5.91. The molecule has 148 valence electrons. The number of carbonyl (C=O) groups is 1. The van der Waals surface area contributed by atoms with Crippen molar-refractivity contribution in [3.05, 3.63) is 44.6 Å². The lowest BCUT2D eigenvalue weighted by atomic mass is 9.87. The molecule has 0 aliphatic heterocycles. The fourth-order valence-electron chi connectivity index (χ4n) is 2.43. The van der Waals surface area contributed by atoms with Crippen molar-refractivity contribution in [1.29, 1.82) is 0 Å². The number of sulfonamides is 1. The fourth-order valence-corrected chi connectivity index (χ4v) is 5.73. The molecule has 2 aromatic rings. The smallest absolute Gasteiger partial charge is 0.350 e. The zero-order valence-electron chi connectivity index (χ0n) is 15.8. The molecule has 0 unspecified atom stereocenters. The number of esters is 1. The molecule has 1 heterocycles. The van der Waals surface area contributed by atoms with Crippen LogP contribution in [0.15, 0.2) is 39.0 Å². The van der Waals surface area contributed by atoms with E-state index in [0.717, 1.165) is 21.2 Å². The predicted octanol–water partition coefficient (Wildman–Crippen LogP) is 4.39. The number of anilines is 1. The Balaban J connectivity index is 2.58. The number of hydrogen-bond donors (Lipinski definition) is 0. The molecule has 0 bridgehead atoms. The lowest BCUT2D eigenvalue weighted by Crippen LogP contribution is -2.34. The van der Waals surface area contributed by atoms with Crippen molar-refractivity contribution in [3.8, 4) is 0 Å². The number of nitrogens with zero attached hydrogens (tertiary/aromatic N) is 1. The second-order valence-corrected chi connectivity index (χ2v) is 10.4. The summed E-state index contributed by atoms with van der Waals surface area (Å²) in [7, 11) is -1.34. The molecule has 0 radical (unpaired) electrons. The normalized spacial score (nSPS) is 12.1. The Kier molecular flexibility index (Phi) is 6.72. The van der Waals surface area contributed by atoms with Crippen LogP contribution in [0.25, 0.3) is 0 Å². The number of methoxy groups -OCH3 is 2. The third-order valence-corrected chi connectivity index (χ3v) is 7.49. The van der Waals surface area contributed by atoms with Crippen LogP contribution in [-0.2, 0) is 24.9 Å². The lowest BCUT2D eigenvalue weighted by molar-refractivity contribution is 0.0607. The monoisotopic (exact) mass is 475 g/mol. The quantitative estimate of drug-likeness (QED) is 0.457. The number of hydrogen-bond acceptors (Lipinski definition) is 6. The molecule has 0 aliphatic carbocycles. The summed E-state index contributed by atoms with van der Waals surface area (Å²) in [6.07, 6.45) is 0. The molecular weight excluding hydrogens is 454 g/mol. The molecular formula is C18H22BrNO5S2. The standard InChI is InChI=1S/C18H22BrNO5S2/c1-18(2,3)12-6-7-15(13(19)10-12)27(22,23)20(11-24-4)14-8-9-26-16(14)17(21)25-5/h6-10H,11H2,1-5H3. The van der Waals surface area contributed by atoms with Gasteiger partial charge in [-0.2, -0.15) is 0 Å². The average molecular weight is 476 g/mol. The Labute approximate surface area is 172 Å². The van der Waals surface area contributed by atoms with Crippen molar-refractivity contribution in [2.45, 2.75) is 31.1 Å². The van der Waals surface area contributed by atoms with E-state index >= 15 is 0 Å². The summed E-state index contributed by atoms with van der Waals surface area (Å²) in [6, 6.07) is 6.71. The maximum Gasteiger partial charge on any atom is 0.350 e. The summed E-state index contributed by atoms with van der Waals surface area (Å²) in [5.41, 5.74) is 1.10. The van der Waals surface area contributed by atoms with Crippen molar-refractivity contribution in [2.24, 2.45) is 0 Å². The summed E-state index contributed by atoms with van der Waals surface area (Å²) in [5, 5.41) is 1.64. The van der Waals surface area contributed by atoms with E-state index in [-0.39, 0.29) is 27.6 Å². The topological polar surface area (TPSA) is 72.9 Å². The van der Waals surface area contributed by atoms with Crippen molar-refractivity contribution < 1.29 is 22.7 Å². The molecule has 0 amide bonds. The fraction of sp³-hybridized carbons (Fsp3) is 0.389. The van der Waals surface area contributed by atoms with Gasteiger partial charge in [0.15, 0.2) is 0 Å². The number of carbonyl (C=O) groups excluding carboxylic acids is 1. The van der Waals surface area contributed by atoms with Crippen LogP contribution < -0.4 is 4.31 Å². The molecule has 2 rings (SSSR count). The van der Waals surface area contributed by atoms with E-state index in [2.05, 4.69) is 15.9 Å². The number of halogens is 1. The van der Waals surface area contributed by atoms with Crippen molar-refractivity contribution >= 4 is 48.9 Å². The Bertz CT molecular complexity index is 931. The first kappa shape index (κ1) is 21.9. The second kappa shape index (κ2) is 8.30. The van der Waals surface area contributed by atoms with Gasteiger partial charge in [-0.15, -0.1) is 11.3 Å². The van der Waals surface area contributed by atoms with Gasteiger partial charge in [-0.05, 0) is 50.5 Å². The molecule has 0 saturated carbocycles. The molecule has 1 aromatic heterocycles. The molecule has 0 spiro atoms. The Morgan fingerprint density at radius 2 is 1.89 bits per heavy atom. The summed E-state index contributed by atoms with van der Waals surface area (Å²) in [4.78, 5) is 12.3. The zero-order valence-corrected chi connectivity index (χ0v) is 19.0. The van der Waals surface area contributed by atoms with E-state index in [1.807, 2.05) is 20.8 Å². The molecule has 6 nitrogen and oxygen atoms in total. The van der Waals surface area contributed by atoms with Gasteiger partial charge < -0.3 is 9.47 Å². The Morgan fingerprint density at radius 3 is 2.41 bits per heavy atom. The summed E-state index contributed by atoms with van der Waals surface area (Å²) in [5.74, 6) is -0.599. The van der Waals surface area contributed by atoms with Crippen molar-refractivity contribution in [3.63, 3.8) is 0 Å². The van der Waals surface area contributed by atoms with Crippen LogP contribution in [0.5, 0.6) is 0 Å². The highest BCUT2D eigenvalue weighted by molar-refractivity contribution is 9.10. The van der Waals surface area contributed by atoms with Gasteiger partial charge in [0.2, 0.25) is 0 Å². The van der Waals surface area contributed by atoms with Crippen molar-refractivity contribution in [2.75, 3.05) is 25.3 Å². The lowest BCUT2D eigenvalue weighted by Gasteiger charge is -2.25.